The van der Waals surface area contributed by atoms with Crippen LogP contribution >= 0.6 is 0 Å². The molecule has 0 unspecified atom stereocenters. The van der Waals surface area contributed by atoms with Crippen LogP contribution in [0.4, 0.5) is 0 Å². The minimum atomic E-state index is -3.81. The molecule has 0 saturated carbocycles. The molecule has 140 valence electrons. The highest BCUT2D eigenvalue weighted by molar-refractivity contribution is 7.85. The Morgan fingerprint density at radius 2 is 1.09 bits per heavy atom. The zero-order valence-corrected chi connectivity index (χ0v) is 16.9. The molecule has 0 spiro atoms. The highest BCUT2D eigenvalue weighted by atomic mass is 32.2. The summed E-state index contributed by atoms with van der Waals surface area (Å²) in [6, 6.07) is 0. The van der Waals surface area contributed by atoms with Gasteiger partial charge in [0.25, 0.3) is 10.1 Å². The monoisotopic (exact) mass is 352 g/mol. The summed E-state index contributed by atoms with van der Waals surface area (Å²) in [4.78, 5) is 0. The van der Waals surface area contributed by atoms with E-state index in [0.717, 1.165) is 22.1 Å². The van der Waals surface area contributed by atoms with E-state index in [4.69, 9.17) is 4.55 Å². The Kier molecular flexibility index (Phi) is 10.6. The van der Waals surface area contributed by atoms with Gasteiger partial charge in [-0.05, 0) is 32.6 Å². The standard InChI is InChI=1S/C17H39N2O3S/c1-6-18(2,3)14-11-9-7-8-10-12-15-19(4,5)16-13-17-23(20,21)22/h6-17H2,1-5H3/q+1/p+1. The third kappa shape index (κ3) is 15.1. The fourth-order valence-electron chi connectivity index (χ4n) is 2.73. The van der Waals surface area contributed by atoms with Crippen molar-refractivity contribution in [1.82, 2.24) is 0 Å². The molecular weight excluding hydrogens is 312 g/mol. The van der Waals surface area contributed by atoms with Gasteiger partial charge in [0.1, 0.15) is 0 Å². The SMILES string of the molecule is CC[N+](C)(C)CCCCCCCC[N+](C)(C)CCCS(=O)(=O)O. The summed E-state index contributed by atoms with van der Waals surface area (Å²) < 4.78 is 32.2. The summed E-state index contributed by atoms with van der Waals surface area (Å²) in [6.07, 6.45) is 8.23. The normalized spacial score (nSPS) is 13.5. The van der Waals surface area contributed by atoms with E-state index in [1.807, 2.05) is 0 Å². The van der Waals surface area contributed by atoms with Gasteiger partial charge in [-0.3, -0.25) is 4.55 Å². The van der Waals surface area contributed by atoms with Crippen LogP contribution in [0.1, 0.15) is 51.9 Å². The highest BCUT2D eigenvalue weighted by Crippen LogP contribution is 2.10. The predicted octanol–water partition coefficient (Wildman–Crippen LogP) is 2.78. The Hall–Kier alpha value is -0.170. The van der Waals surface area contributed by atoms with E-state index in [9.17, 15) is 8.42 Å². The van der Waals surface area contributed by atoms with E-state index in [0.29, 0.717) is 6.42 Å². The summed E-state index contributed by atoms with van der Waals surface area (Å²) in [6.45, 7) is 6.59. The predicted molar refractivity (Wildman–Crippen MR) is 98.1 cm³/mol. The quantitative estimate of drug-likeness (QED) is 0.297. The zero-order valence-electron chi connectivity index (χ0n) is 16.1. The highest BCUT2D eigenvalue weighted by Gasteiger charge is 2.16. The molecule has 0 aromatic rings. The maximum absolute atomic E-state index is 10.7. The second kappa shape index (κ2) is 10.6. The van der Waals surface area contributed by atoms with E-state index < -0.39 is 10.1 Å². The Morgan fingerprint density at radius 3 is 1.52 bits per heavy atom. The maximum Gasteiger partial charge on any atom is 0.265 e. The number of hydrogen-bond donors (Lipinski definition) is 1. The Bertz CT molecular complexity index is 406. The zero-order chi connectivity index (χ0) is 18.0. The van der Waals surface area contributed by atoms with Crippen LogP contribution in [0.5, 0.6) is 0 Å². The number of rotatable bonds is 14. The molecule has 6 heteroatoms. The molecule has 0 atom stereocenters. The number of quaternary nitrogens is 2. The first-order valence-corrected chi connectivity index (χ1v) is 10.7. The molecule has 0 saturated heterocycles. The van der Waals surface area contributed by atoms with Gasteiger partial charge in [-0.1, -0.05) is 12.8 Å². The minimum absolute atomic E-state index is 0.124. The first kappa shape index (κ1) is 22.8. The van der Waals surface area contributed by atoms with Crippen molar-refractivity contribution in [3.63, 3.8) is 0 Å². The van der Waals surface area contributed by atoms with Crippen LogP contribution in [-0.2, 0) is 10.1 Å². The van der Waals surface area contributed by atoms with E-state index >= 15 is 0 Å². The van der Waals surface area contributed by atoms with Gasteiger partial charge in [-0.15, -0.1) is 0 Å². The Labute approximate surface area is 144 Å². The van der Waals surface area contributed by atoms with Gasteiger partial charge in [0.15, 0.2) is 0 Å². The number of unbranched alkanes of at least 4 members (excludes halogenated alkanes) is 5. The molecule has 0 rings (SSSR count). The van der Waals surface area contributed by atoms with Gasteiger partial charge in [-0.2, -0.15) is 8.42 Å². The average molecular weight is 353 g/mol. The second-order valence-electron chi connectivity index (χ2n) is 8.12. The van der Waals surface area contributed by atoms with Gasteiger partial charge in [-0.25, -0.2) is 0 Å². The Morgan fingerprint density at radius 1 is 0.696 bits per heavy atom. The summed E-state index contributed by atoms with van der Waals surface area (Å²) in [5, 5.41) is 0. The summed E-state index contributed by atoms with van der Waals surface area (Å²) in [7, 11) is 5.05. The summed E-state index contributed by atoms with van der Waals surface area (Å²) >= 11 is 0. The molecule has 0 aromatic carbocycles. The molecule has 0 fully saturated rings. The molecule has 0 bridgehead atoms. The molecule has 0 aliphatic heterocycles. The fraction of sp³-hybridized carbons (Fsp3) is 1.00. The van der Waals surface area contributed by atoms with Crippen LogP contribution in [0.2, 0.25) is 0 Å². The molecule has 1 N–H and O–H groups in total. The van der Waals surface area contributed by atoms with E-state index in [-0.39, 0.29) is 5.75 Å². The molecule has 23 heavy (non-hydrogen) atoms. The molecule has 0 aliphatic carbocycles. The molecule has 0 aliphatic rings. The molecule has 5 nitrogen and oxygen atoms in total. The van der Waals surface area contributed by atoms with Crippen LogP contribution < -0.4 is 0 Å². The van der Waals surface area contributed by atoms with Crippen LogP contribution in [0.3, 0.4) is 0 Å². The topological polar surface area (TPSA) is 54.4 Å². The summed E-state index contributed by atoms with van der Waals surface area (Å²) in [5.41, 5.74) is 0. The number of nitrogens with zero attached hydrogens (tertiary/aromatic N) is 2. The molecule has 0 amide bonds. The fourth-order valence-corrected chi connectivity index (χ4v) is 3.23. The van der Waals surface area contributed by atoms with Crippen LogP contribution in [0, 0.1) is 0 Å². The molecule has 0 radical (unpaired) electrons. The largest absolute Gasteiger partial charge is 0.329 e. The van der Waals surface area contributed by atoms with E-state index in [2.05, 4.69) is 35.1 Å². The van der Waals surface area contributed by atoms with E-state index in [1.165, 1.54) is 51.6 Å². The average Bonchev–Trinajstić information content (AvgIpc) is 2.40. The third-order valence-corrected chi connectivity index (χ3v) is 5.60. The van der Waals surface area contributed by atoms with Gasteiger partial charge in [0.05, 0.1) is 60.1 Å². The number of hydrogen-bond acceptors (Lipinski definition) is 2. The summed E-state index contributed by atoms with van der Waals surface area (Å²) in [5.74, 6) is -0.124. The molecular formula is C17H40N2O3S+2. The lowest BCUT2D eigenvalue weighted by Crippen LogP contribution is -2.41. The second-order valence-corrected chi connectivity index (χ2v) is 9.69. The molecule has 0 aromatic heterocycles. The lowest BCUT2D eigenvalue weighted by Gasteiger charge is -2.29. The Balaban J connectivity index is 3.59. The molecule has 0 heterocycles. The van der Waals surface area contributed by atoms with Crippen molar-refractivity contribution in [2.24, 2.45) is 0 Å². The first-order valence-electron chi connectivity index (χ1n) is 9.07. The van der Waals surface area contributed by atoms with Crippen molar-refractivity contribution >= 4 is 10.1 Å². The van der Waals surface area contributed by atoms with Crippen LogP contribution in [-0.4, -0.2) is 82.1 Å². The van der Waals surface area contributed by atoms with Crippen molar-refractivity contribution in [2.75, 3.05) is 60.1 Å². The lowest BCUT2D eigenvalue weighted by molar-refractivity contribution is -0.890. The van der Waals surface area contributed by atoms with Crippen molar-refractivity contribution in [2.45, 2.75) is 51.9 Å². The van der Waals surface area contributed by atoms with Crippen molar-refractivity contribution < 1.29 is 21.9 Å². The third-order valence-electron chi connectivity index (χ3n) is 4.80. The minimum Gasteiger partial charge on any atom is -0.329 e. The van der Waals surface area contributed by atoms with Gasteiger partial charge in [0.2, 0.25) is 0 Å². The van der Waals surface area contributed by atoms with Crippen LogP contribution in [0.15, 0.2) is 0 Å². The van der Waals surface area contributed by atoms with Crippen molar-refractivity contribution in [3.05, 3.63) is 0 Å². The maximum atomic E-state index is 10.7. The first-order chi connectivity index (χ1) is 10.5. The van der Waals surface area contributed by atoms with Gasteiger partial charge in [0, 0.05) is 6.42 Å². The lowest BCUT2D eigenvalue weighted by atomic mass is 10.1. The smallest absolute Gasteiger partial charge is 0.265 e. The van der Waals surface area contributed by atoms with Crippen LogP contribution in [0.25, 0.3) is 0 Å². The van der Waals surface area contributed by atoms with Gasteiger partial charge < -0.3 is 8.97 Å². The van der Waals surface area contributed by atoms with Crippen molar-refractivity contribution in [3.8, 4) is 0 Å². The van der Waals surface area contributed by atoms with Crippen molar-refractivity contribution in [1.29, 1.82) is 0 Å². The van der Waals surface area contributed by atoms with E-state index in [1.54, 1.807) is 0 Å². The van der Waals surface area contributed by atoms with Gasteiger partial charge >= 0.3 is 0 Å².